The standard InChI is InChI=1S/C39H77NO4/c1-3-5-7-9-11-13-15-17-19-20-21-22-24-26-28-30-32-34-38(42)40-37(36-41)39(43)44-35-33-31-29-27-25-23-18-16-14-12-10-8-6-4-2/h37,41H,3-36H2,1-2H3,(H,40,42)/t37-/m0/s1. The third-order valence-corrected chi connectivity index (χ3v) is 9.05. The molecule has 0 aliphatic carbocycles. The first-order valence-electron chi connectivity index (χ1n) is 19.7. The van der Waals surface area contributed by atoms with Gasteiger partial charge < -0.3 is 15.2 Å². The molecule has 0 heterocycles. The van der Waals surface area contributed by atoms with Crippen molar-refractivity contribution in [3.63, 3.8) is 0 Å². The number of aliphatic hydroxyl groups is 1. The van der Waals surface area contributed by atoms with Crippen molar-refractivity contribution in [1.82, 2.24) is 5.32 Å². The number of carbonyl (C=O) groups excluding carboxylic acids is 2. The van der Waals surface area contributed by atoms with Crippen molar-refractivity contribution in [3.8, 4) is 0 Å². The maximum absolute atomic E-state index is 12.3. The van der Waals surface area contributed by atoms with Gasteiger partial charge in [0.1, 0.15) is 0 Å². The fourth-order valence-corrected chi connectivity index (χ4v) is 6.03. The van der Waals surface area contributed by atoms with Crippen LogP contribution in [-0.4, -0.2) is 36.2 Å². The van der Waals surface area contributed by atoms with Crippen LogP contribution in [0.1, 0.15) is 219 Å². The first kappa shape index (κ1) is 42.9. The van der Waals surface area contributed by atoms with Crippen LogP contribution in [0.15, 0.2) is 0 Å². The average molecular weight is 624 g/mol. The van der Waals surface area contributed by atoms with E-state index in [1.807, 2.05) is 0 Å². The largest absolute Gasteiger partial charge is 0.464 e. The Balaban J connectivity index is 3.50. The van der Waals surface area contributed by atoms with Gasteiger partial charge in [-0.25, -0.2) is 4.79 Å². The third-order valence-electron chi connectivity index (χ3n) is 9.05. The Morgan fingerprint density at radius 3 is 1.09 bits per heavy atom. The van der Waals surface area contributed by atoms with E-state index in [4.69, 9.17) is 4.74 Å². The zero-order valence-corrected chi connectivity index (χ0v) is 29.8. The van der Waals surface area contributed by atoms with E-state index in [0.717, 1.165) is 32.1 Å². The molecule has 0 aromatic heterocycles. The van der Waals surface area contributed by atoms with Crippen LogP contribution in [0.2, 0.25) is 0 Å². The smallest absolute Gasteiger partial charge is 0.331 e. The summed E-state index contributed by atoms with van der Waals surface area (Å²) in [7, 11) is 0. The van der Waals surface area contributed by atoms with E-state index in [1.54, 1.807) is 0 Å². The predicted octanol–water partition coefficient (Wildman–Crippen LogP) is 11.5. The van der Waals surface area contributed by atoms with E-state index in [9.17, 15) is 14.7 Å². The fraction of sp³-hybridized carbons (Fsp3) is 0.949. The maximum atomic E-state index is 12.3. The van der Waals surface area contributed by atoms with E-state index in [0.29, 0.717) is 13.0 Å². The molecule has 0 saturated carbocycles. The molecule has 5 heteroatoms. The van der Waals surface area contributed by atoms with Crippen LogP contribution < -0.4 is 5.32 Å². The molecular formula is C39H77NO4. The van der Waals surface area contributed by atoms with Gasteiger partial charge in [0.15, 0.2) is 6.04 Å². The van der Waals surface area contributed by atoms with Crippen LogP contribution in [0.3, 0.4) is 0 Å². The predicted molar refractivity (Wildman–Crippen MR) is 189 cm³/mol. The Morgan fingerprint density at radius 2 is 0.773 bits per heavy atom. The molecule has 0 unspecified atom stereocenters. The SMILES string of the molecule is CCCCCCCCCCCCCCCCCCCC(=O)N[C@@H](CO)C(=O)OCCCCCCCCCCCCCCCC. The number of hydrogen-bond acceptors (Lipinski definition) is 4. The number of rotatable bonds is 36. The molecule has 0 aliphatic rings. The highest BCUT2D eigenvalue weighted by Gasteiger charge is 2.21. The lowest BCUT2D eigenvalue weighted by Crippen LogP contribution is -2.44. The molecule has 0 rings (SSSR count). The van der Waals surface area contributed by atoms with Gasteiger partial charge in [-0.1, -0.05) is 200 Å². The molecule has 5 nitrogen and oxygen atoms in total. The number of hydrogen-bond donors (Lipinski definition) is 2. The van der Waals surface area contributed by atoms with E-state index in [2.05, 4.69) is 19.2 Å². The number of ether oxygens (including phenoxy) is 1. The molecule has 0 spiro atoms. The zero-order chi connectivity index (χ0) is 32.2. The van der Waals surface area contributed by atoms with Crippen molar-refractivity contribution in [2.45, 2.75) is 225 Å². The van der Waals surface area contributed by atoms with Crippen molar-refractivity contribution in [1.29, 1.82) is 0 Å². The van der Waals surface area contributed by atoms with Crippen LogP contribution >= 0.6 is 0 Å². The molecule has 262 valence electrons. The highest BCUT2D eigenvalue weighted by atomic mass is 16.5. The zero-order valence-electron chi connectivity index (χ0n) is 29.8. The summed E-state index contributed by atoms with van der Waals surface area (Å²) in [5, 5.41) is 12.2. The Morgan fingerprint density at radius 1 is 0.477 bits per heavy atom. The summed E-state index contributed by atoms with van der Waals surface area (Å²) in [6.07, 6.45) is 40.7. The van der Waals surface area contributed by atoms with Crippen LogP contribution in [0.25, 0.3) is 0 Å². The first-order valence-corrected chi connectivity index (χ1v) is 19.7. The second kappa shape index (κ2) is 36.4. The molecule has 0 aliphatic heterocycles. The molecule has 2 N–H and O–H groups in total. The number of nitrogens with one attached hydrogen (secondary N) is 1. The summed E-state index contributed by atoms with van der Waals surface area (Å²) < 4.78 is 5.33. The van der Waals surface area contributed by atoms with Gasteiger partial charge in [0.2, 0.25) is 5.91 Å². The molecular weight excluding hydrogens is 546 g/mol. The lowest BCUT2D eigenvalue weighted by Gasteiger charge is -2.15. The van der Waals surface area contributed by atoms with Gasteiger partial charge in [0, 0.05) is 6.42 Å². The van der Waals surface area contributed by atoms with E-state index < -0.39 is 18.6 Å². The monoisotopic (exact) mass is 624 g/mol. The minimum atomic E-state index is -0.945. The second-order valence-corrected chi connectivity index (χ2v) is 13.5. The van der Waals surface area contributed by atoms with E-state index in [-0.39, 0.29) is 5.91 Å². The summed E-state index contributed by atoms with van der Waals surface area (Å²) in [4.78, 5) is 24.5. The second-order valence-electron chi connectivity index (χ2n) is 13.5. The summed E-state index contributed by atoms with van der Waals surface area (Å²) in [6.45, 7) is 4.49. The molecule has 0 aromatic carbocycles. The van der Waals surface area contributed by atoms with Crippen molar-refractivity contribution in [2.75, 3.05) is 13.2 Å². The lowest BCUT2D eigenvalue weighted by molar-refractivity contribution is -0.149. The third kappa shape index (κ3) is 32.3. The topological polar surface area (TPSA) is 75.6 Å². The highest BCUT2D eigenvalue weighted by molar-refractivity contribution is 5.84. The Hall–Kier alpha value is -1.10. The van der Waals surface area contributed by atoms with Crippen LogP contribution in [0, 0.1) is 0 Å². The quantitative estimate of drug-likeness (QED) is 0.0538. The minimum Gasteiger partial charge on any atom is -0.464 e. The number of unbranched alkanes of at least 4 members (excludes halogenated alkanes) is 29. The molecule has 0 fully saturated rings. The first-order chi connectivity index (χ1) is 21.7. The lowest BCUT2D eigenvalue weighted by atomic mass is 10.0. The molecule has 1 atom stereocenters. The van der Waals surface area contributed by atoms with Crippen molar-refractivity contribution in [3.05, 3.63) is 0 Å². The van der Waals surface area contributed by atoms with Crippen molar-refractivity contribution < 1.29 is 19.4 Å². The summed E-state index contributed by atoms with van der Waals surface area (Å²) in [5.74, 6) is -0.684. The van der Waals surface area contributed by atoms with Gasteiger partial charge in [-0.05, 0) is 12.8 Å². The fourth-order valence-electron chi connectivity index (χ4n) is 6.03. The molecule has 0 saturated heterocycles. The minimum absolute atomic E-state index is 0.168. The van der Waals surface area contributed by atoms with Gasteiger partial charge in [0.25, 0.3) is 0 Å². The van der Waals surface area contributed by atoms with Gasteiger partial charge in [-0.15, -0.1) is 0 Å². The molecule has 44 heavy (non-hydrogen) atoms. The summed E-state index contributed by atoms with van der Waals surface area (Å²) in [5.41, 5.74) is 0. The number of aliphatic hydroxyl groups excluding tert-OH is 1. The molecule has 1 amide bonds. The van der Waals surface area contributed by atoms with Gasteiger partial charge in [-0.2, -0.15) is 0 Å². The van der Waals surface area contributed by atoms with E-state index in [1.165, 1.54) is 167 Å². The average Bonchev–Trinajstić information content (AvgIpc) is 3.03. The number of carbonyl (C=O) groups is 2. The van der Waals surface area contributed by atoms with Crippen LogP contribution in [0.5, 0.6) is 0 Å². The van der Waals surface area contributed by atoms with Crippen LogP contribution in [0.4, 0.5) is 0 Å². The summed E-state index contributed by atoms with van der Waals surface area (Å²) in [6, 6.07) is -0.945. The Bertz CT molecular complexity index is 597. The van der Waals surface area contributed by atoms with Gasteiger partial charge in [-0.3, -0.25) is 4.79 Å². The van der Waals surface area contributed by atoms with Crippen LogP contribution in [-0.2, 0) is 14.3 Å². The Kier molecular flexibility index (Phi) is 35.5. The van der Waals surface area contributed by atoms with Crippen molar-refractivity contribution in [2.24, 2.45) is 0 Å². The van der Waals surface area contributed by atoms with Gasteiger partial charge >= 0.3 is 5.97 Å². The maximum Gasteiger partial charge on any atom is 0.331 e. The Labute approximate surface area is 274 Å². The van der Waals surface area contributed by atoms with E-state index >= 15 is 0 Å². The molecule has 0 aromatic rings. The molecule has 0 bridgehead atoms. The normalized spacial score (nSPS) is 12.0. The number of amides is 1. The van der Waals surface area contributed by atoms with Crippen molar-refractivity contribution >= 4 is 11.9 Å². The molecule has 0 radical (unpaired) electrons. The van der Waals surface area contributed by atoms with Gasteiger partial charge in [0.05, 0.1) is 13.2 Å². The number of esters is 1. The highest BCUT2D eigenvalue weighted by Crippen LogP contribution is 2.15. The summed E-state index contributed by atoms with van der Waals surface area (Å²) >= 11 is 0.